The fourth-order valence-electron chi connectivity index (χ4n) is 2.07. The maximum atomic E-state index is 11.3. The zero-order valence-corrected chi connectivity index (χ0v) is 12.0. The van der Waals surface area contributed by atoms with Crippen LogP contribution in [0.1, 0.15) is 18.4 Å². The SMILES string of the molecule is CS(=O)Cc1cc(NC2CCOCC2)ccc1Cl. The van der Waals surface area contributed by atoms with E-state index in [0.29, 0.717) is 16.8 Å². The van der Waals surface area contributed by atoms with Crippen molar-refractivity contribution in [1.82, 2.24) is 0 Å². The number of hydrogen-bond donors (Lipinski definition) is 1. The Morgan fingerprint density at radius 3 is 2.83 bits per heavy atom. The first kappa shape index (κ1) is 13.8. The summed E-state index contributed by atoms with van der Waals surface area (Å²) in [7, 11) is -0.874. The molecule has 0 spiro atoms. The van der Waals surface area contributed by atoms with Crippen LogP contribution >= 0.6 is 11.6 Å². The van der Waals surface area contributed by atoms with Crippen LogP contribution in [-0.2, 0) is 21.3 Å². The standard InChI is InChI=1S/C13H18ClNO2S/c1-18(16)9-10-8-12(2-3-13(10)14)15-11-4-6-17-7-5-11/h2-3,8,11,15H,4-7,9H2,1H3. The lowest BCUT2D eigenvalue weighted by atomic mass is 10.1. The molecule has 1 unspecified atom stereocenters. The lowest BCUT2D eigenvalue weighted by Gasteiger charge is -2.24. The maximum absolute atomic E-state index is 11.3. The largest absolute Gasteiger partial charge is 0.382 e. The second-order valence-corrected chi connectivity index (χ2v) is 6.40. The van der Waals surface area contributed by atoms with Crippen LogP contribution in [0, 0.1) is 0 Å². The first-order valence-corrected chi connectivity index (χ1v) is 8.18. The van der Waals surface area contributed by atoms with E-state index in [0.717, 1.165) is 37.3 Å². The summed E-state index contributed by atoms with van der Waals surface area (Å²) in [6, 6.07) is 6.30. The van der Waals surface area contributed by atoms with Crippen molar-refractivity contribution in [3.63, 3.8) is 0 Å². The molecule has 0 saturated carbocycles. The Bertz CT molecular complexity index is 433. The lowest BCUT2D eigenvalue weighted by molar-refractivity contribution is 0.0904. The molecule has 1 fully saturated rings. The van der Waals surface area contributed by atoms with Crippen LogP contribution in [0.3, 0.4) is 0 Å². The molecule has 2 rings (SSSR count). The number of benzene rings is 1. The van der Waals surface area contributed by atoms with Crippen LogP contribution in [0.4, 0.5) is 5.69 Å². The van der Waals surface area contributed by atoms with E-state index in [1.54, 1.807) is 6.26 Å². The first-order chi connectivity index (χ1) is 8.65. The lowest BCUT2D eigenvalue weighted by Crippen LogP contribution is -2.27. The normalized spacial score (nSPS) is 18.6. The van der Waals surface area contributed by atoms with Crippen molar-refractivity contribution in [3.05, 3.63) is 28.8 Å². The third kappa shape index (κ3) is 3.97. The Morgan fingerprint density at radius 2 is 2.17 bits per heavy atom. The van der Waals surface area contributed by atoms with Crippen LogP contribution in [0.5, 0.6) is 0 Å². The molecule has 1 heterocycles. The third-order valence-electron chi connectivity index (χ3n) is 3.00. The van der Waals surface area contributed by atoms with Gasteiger partial charge in [0, 0.05) is 52.8 Å². The molecule has 100 valence electrons. The summed E-state index contributed by atoms with van der Waals surface area (Å²) in [5, 5.41) is 4.17. The summed E-state index contributed by atoms with van der Waals surface area (Å²) in [5.74, 6) is 0.502. The number of hydrogen-bond acceptors (Lipinski definition) is 3. The van der Waals surface area contributed by atoms with Gasteiger partial charge in [-0.25, -0.2) is 0 Å². The van der Waals surface area contributed by atoms with Crippen LogP contribution in [0.15, 0.2) is 18.2 Å². The molecule has 1 aromatic carbocycles. The first-order valence-electron chi connectivity index (χ1n) is 6.08. The average Bonchev–Trinajstić information content (AvgIpc) is 2.34. The van der Waals surface area contributed by atoms with E-state index in [1.807, 2.05) is 18.2 Å². The van der Waals surface area contributed by atoms with E-state index in [9.17, 15) is 4.21 Å². The zero-order valence-electron chi connectivity index (χ0n) is 10.4. The van der Waals surface area contributed by atoms with Crippen molar-refractivity contribution in [1.29, 1.82) is 0 Å². The maximum Gasteiger partial charge on any atom is 0.0498 e. The van der Waals surface area contributed by atoms with Crippen molar-refractivity contribution in [3.8, 4) is 0 Å². The number of halogens is 1. The van der Waals surface area contributed by atoms with Crippen LogP contribution < -0.4 is 5.32 Å². The van der Waals surface area contributed by atoms with E-state index >= 15 is 0 Å². The minimum Gasteiger partial charge on any atom is -0.382 e. The van der Waals surface area contributed by atoms with E-state index in [2.05, 4.69) is 5.32 Å². The predicted molar refractivity (Wildman–Crippen MR) is 76.7 cm³/mol. The summed E-state index contributed by atoms with van der Waals surface area (Å²) in [6.45, 7) is 1.63. The van der Waals surface area contributed by atoms with E-state index < -0.39 is 10.8 Å². The smallest absolute Gasteiger partial charge is 0.0498 e. The molecule has 0 aliphatic carbocycles. The summed E-state index contributed by atoms with van der Waals surface area (Å²) in [5.41, 5.74) is 1.99. The molecule has 18 heavy (non-hydrogen) atoms. The molecule has 1 N–H and O–H groups in total. The summed E-state index contributed by atoms with van der Waals surface area (Å²) in [4.78, 5) is 0. The fraction of sp³-hybridized carbons (Fsp3) is 0.538. The third-order valence-corrected chi connectivity index (χ3v) is 4.08. The van der Waals surface area contributed by atoms with Gasteiger partial charge in [0.15, 0.2) is 0 Å². The number of anilines is 1. The van der Waals surface area contributed by atoms with Gasteiger partial charge >= 0.3 is 0 Å². The summed E-state index contributed by atoms with van der Waals surface area (Å²) >= 11 is 6.10. The highest BCUT2D eigenvalue weighted by Crippen LogP contribution is 2.23. The zero-order chi connectivity index (χ0) is 13.0. The van der Waals surface area contributed by atoms with Gasteiger partial charge in [-0.05, 0) is 36.6 Å². The number of ether oxygens (including phenoxy) is 1. The van der Waals surface area contributed by atoms with Crippen molar-refractivity contribution < 1.29 is 8.95 Å². The topological polar surface area (TPSA) is 38.3 Å². The van der Waals surface area contributed by atoms with Gasteiger partial charge in [0.2, 0.25) is 0 Å². The Labute approximate surface area is 115 Å². The van der Waals surface area contributed by atoms with Gasteiger partial charge < -0.3 is 10.1 Å². The van der Waals surface area contributed by atoms with Gasteiger partial charge in [-0.15, -0.1) is 0 Å². The second-order valence-electron chi connectivity index (χ2n) is 4.55. The Hall–Kier alpha value is -0.580. The van der Waals surface area contributed by atoms with E-state index in [1.165, 1.54) is 0 Å². The fourth-order valence-corrected chi connectivity index (χ4v) is 3.01. The molecule has 1 aromatic rings. The average molecular weight is 288 g/mol. The Morgan fingerprint density at radius 1 is 1.44 bits per heavy atom. The minimum absolute atomic E-state index is 0.458. The number of nitrogens with one attached hydrogen (secondary N) is 1. The molecule has 3 nitrogen and oxygen atoms in total. The van der Waals surface area contributed by atoms with Crippen molar-refractivity contribution >= 4 is 28.1 Å². The van der Waals surface area contributed by atoms with Crippen LogP contribution in [0.25, 0.3) is 0 Å². The summed E-state index contributed by atoms with van der Waals surface area (Å²) < 4.78 is 16.6. The molecule has 1 saturated heterocycles. The van der Waals surface area contributed by atoms with Gasteiger partial charge in [-0.3, -0.25) is 4.21 Å². The molecule has 1 aliphatic heterocycles. The highest BCUT2D eigenvalue weighted by Gasteiger charge is 2.14. The Kier molecular flexibility index (Phi) is 5.03. The molecule has 0 radical (unpaired) electrons. The molecule has 0 bridgehead atoms. The molecule has 0 aromatic heterocycles. The number of rotatable bonds is 4. The van der Waals surface area contributed by atoms with Crippen molar-refractivity contribution in [2.75, 3.05) is 24.8 Å². The quantitative estimate of drug-likeness (QED) is 0.925. The van der Waals surface area contributed by atoms with Gasteiger partial charge in [0.05, 0.1) is 0 Å². The molecule has 1 aliphatic rings. The van der Waals surface area contributed by atoms with Crippen molar-refractivity contribution in [2.24, 2.45) is 0 Å². The molecule has 1 atom stereocenters. The summed E-state index contributed by atoms with van der Waals surface area (Å²) in [6.07, 6.45) is 3.74. The van der Waals surface area contributed by atoms with Gasteiger partial charge in [0.1, 0.15) is 0 Å². The van der Waals surface area contributed by atoms with E-state index in [-0.39, 0.29) is 0 Å². The van der Waals surface area contributed by atoms with Gasteiger partial charge in [-0.1, -0.05) is 11.6 Å². The van der Waals surface area contributed by atoms with E-state index in [4.69, 9.17) is 16.3 Å². The molecule has 0 amide bonds. The van der Waals surface area contributed by atoms with Crippen molar-refractivity contribution in [2.45, 2.75) is 24.6 Å². The highest BCUT2D eigenvalue weighted by molar-refractivity contribution is 7.83. The highest BCUT2D eigenvalue weighted by atomic mass is 35.5. The van der Waals surface area contributed by atoms with Crippen LogP contribution in [0.2, 0.25) is 5.02 Å². The second kappa shape index (κ2) is 6.55. The predicted octanol–water partition coefficient (Wildman–Crippen LogP) is 2.81. The molecule has 5 heteroatoms. The molecular formula is C13H18ClNO2S. The molecular weight excluding hydrogens is 270 g/mol. The van der Waals surface area contributed by atoms with Gasteiger partial charge in [0.25, 0.3) is 0 Å². The minimum atomic E-state index is -0.874. The monoisotopic (exact) mass is 287 g/mol. The van der Waals surface area contributed by atoms with Gasteiger partial charge in [-0.2, -0.15) is 0 Å². The van der Waals surface area contributed by atoms with Crippen LogP contribution in [-0.4, -0.2) is 29.7 Å². The Balaban J connectivity index is 2.05.